The minimum atomic E-state index is -0.674. The largest absolute Gasteiger partial charge is 0.331 e. The molecule has 0 fully saturated rings. The molecule has 4 nitrogen and oxygen atoms in total. The maximum atomic E-state index is 12.4. The topological polar surface area (TPSA) is 47.8 Å². The van der Waals surface area contributed by atoms with Crippen molar-refractivity contribution in [3.8, 4) is 0 Å². The van der Waals surface area contributed by atoms with Crippen LogP contribution in [-0.2, 0) is 13.7 Å². The van der Waals surface area contributed by atoms with E-state index in [1.165, 1.54) is 18.5 Å². The molecule has 0 aliphatic rings. The van der Waals surface area contributed by atoms with E-state index in [1.54, 1.807) is 24.0 Å². The van der Waals surface area contributed by atoms with Gasteiger partial charge in [-0.05, 0) is 12.1 Å². The zero-order valence-corrected chi connectivity index (χ0v) is 8.72. The molecule has 5 heteroatoms. The van der Waals surface area contributed by atoms with E-state index in [4.69, 9.17) is 0 Å². The molecule has 0 aliphatic heterocycles. The molecular formula is C11H10FN3O. The summed E-state index contributed by atoms with van der Waals surface area (Å²) in [5, 5.41) is 0. The number of hydrogen-bond acceptors (Lipinski definition) is 3. The smallest absolute Gasteiger partial charge is 0.211 e. The quantitative estimate of drug-likeness (QED) is 0.735. The molecule has 0 unspecified atom stereocenters. The number of carbonyl (C=O) groups excluding carboxylic acids is 1. The van der Waals surface area contributed by atoms with E-state index in [-0.39, 0.29) is 11.5 Å². The maximum Gasteiger partial charge on any atom is 0.211 e. The minimum absolute atomic E-state index is 0.183. The van der Waals surface area contributed by atoms with Gasteiger partial charge in [0.05, 0.1) is 18.2 Å². The first-order chi connectivity index (χ1) is 7.72. The standard InChI is InChI=1S/C11H10FN3O/c1-15-7-13-6-10(15)11(16)8-2-3-14-9(4-8)5-12/h2-4,6-7H,5H2,1H3. The van der Waals surface area contributed by atoms with Crippen LogP contribution in [0.1, 0.15) is 21.7 Å². The fourth-order valence-electron chi connectivity index (χ4n) is 1.42. The summed E-state index contributed by atoms with van der Waals surface area (Å²) in [4.78, 5) is 19.6. The number of aryl methyl sites for hydroxylation is 1. The monoisotopic (exact) mass is 219 g/mol. The Labute approximate surface area is 91.8 Å². The lowest BCUT2D eigenvalue weighted by Crippen LogP contribution is -2.07. The van der Waals surface area contributed by atoms with Gasteiger partial charge in [-0.2, -0.15) is 0 Å². The summed E-state index contributed by atoms with van der Waals surface area (Å²) in [6, 6.07) is 3.02. The predicted octanol–water partition coefficient (Wildman–Crippen LogP) is 1.52. The van der Waals surface area contributed by atoms with E-state index in [1.807, 2.05) is 0 Å². The third kappa shape index (κ3) is 1.84. The molecule has 82 valence electrons. The van der Waals surface area contributed by atoms with Crippen LogP contribution in [0, 0.1) is 0 Å². The summed E-state index contributed by atoms with van der Waals surface area (Å²) in [5.41, 5.74) is 1.15. The SMILES string of the molecule is Cn1cncc1C(=O)c1ccnc(CF)c1. The highest BCUT2D eigenvalue weighted by atomic mass is 19.1. The highest BCUT2D eigenvalue weighted by Gasteiger charge is 2.13. The lowest BCUT2D eigenvalue weighted by Gasteiger charge is -2.02. The Hall–Kier alpha value is -2.04. The molecule has 2 heterocycles. The van der Waals surface area contributed by atoms with Crippen molar-refractivity contribution in [2.75, 3.05) is 0 Å². The number of rotatable bonds is 3. The van der Waals surface area contributed by atoms with Crippen molar-refractivity contribution in [2.45, 2.75) is 6.67 Å². The first-order valence-electron chi connectivity index (χ1n) is 4.74. The van der Waals surface area contributed by atoms with Crippen LogP contribution in [-0.4, -0.2) is 20.3 Å². The molecule has 0 aromatic carbocycles. The lowest BCUT2D eigenvalue weighted by molar-refractivity contribution is 0.103. The second-order valence-electron chi connectivity index (χ2n) is 3.39. The molecule has 2 aromatic rings. The van der Waals surface area contributed by atoms with Crippen LogP contribution in [0.4, 0.5) is 4.39 Å². The van der Waals surface area contributed by atoms with Crippen LogP contribution in [0.25, 0.3) is 0 Å². The van der Waals surface area contributed by atoms with Crippen LogP contribution in [0.5, 0.6) is 0 Å². The second-order valence-corrected chi connectivity index (χ2v) is 3.39. The van der Waals surface area contributed by atoms with Crippen molar-refractivity contribution in [2.24, 2.45) is 7.05 Å². The van der Waals surface area contributed by atoms with Crippen molar-refractivity contribution in [1.82, 2.24) is 14.5 Å². The van der Waals surface area contributed by atoms with Crippen LogP contribution in [0.2, 0.25) is 0 Å². The fraction of sp³-hybridized carbons (Fsp3) is 0.182. The summed E-state index contributed by atoms with van der Waals surface area (Å²) in [7, 11) is 1.73. The molecule has 0 atom stereocenters. The normalized spacial score (nSPS) is 10.4. The van der Waals surface area contributed by atoms with Gasteiger partial charge in [0.2, 0.25) is 5.78 Å². The molecular weight excluding hydrogens is 209 g/mol. The van der Waals surface area contributed by atoms with Gasteiger partial charge in [-0.3, -0.25) is 9.78 Å². The molecule has 0 radical (unpaired) electrons. The average molecular weight is 219 g/mol. The Morgan fingerprint density at radius 1 is 1.56 bits per heavy atom. The second kappa shape index (κ2) is 4.22. The van der Waals surface area contributed by atoms with E-state index in [2.05, 4.69) is 9.97 Å². The Kier molecular flexibility index (Phi) is 2.76. The molecule has 0 saturated carbocycles. The molecule has 0 bridgehead atoms. The van der Waals surface area contributed by atoms with Crippen LogP contribution >= 0.6 is 0 Å². The van der Waals surface area contributed by atoms with E-state index >= 15 is 0 Å². The lowest BCUT2D eigenvalue weighted by atomic mass is 10.1. The summed E-state index contributed by atoms with van der Waals surface area (Å²) < 4.78 is 14.0. The van der Waals surface area contributed by atoms with Gasteiger partial charge in [-0.25, -0.2) is 9.37 Å². The average Bonchev–Trinajstić information content (AvgIpc) is 2.74. The van der Waals surface area contributed by atoms with Gasteiger partial charge in [0.1, 0.15) is 12.4 Å². The third-order valence-corrected chi connectivity index (χ3v) is 2.26. The van der Waals surface area contributed by atoms with Crippen molar-refractivity contribution in [1.29, 1.82) is 0 Å². The zero-order chi connectivity index (χ0) is 11.5. The number of pyridine rings is 1. The number of hydrogen-bond donors (Lipinski definition) is 0. The van der Waals surface area contributed by atoms with Crippen LogP contribution < -0.4 is 0 Å². The van der Waals surface area contributed by atoms with Crippen LogP contribution in [0.15, 0.2) is 30.9 Å². The summed E-state index contributed by atoms with van der Waals surface area (Å²) in [6.45, 7) is -0.674. The van der Waals surface area contributed by atoms with Crippen molar-refractivity contribution >= 4 is 5.78 Å². The molecule has 2 aromatic heterocycles. The Morgan fingerprint density at radius 3 is 3.00 bits per heavy atom. The fourth-order valence-corrected chi connectivity index (χ4v) is 1.42. The first-order valence-corrected chi connectivity index (χ1v) is 4.74. The third-order valence-electron chi connectivity index (χ3n) is 2.26. The highest BCUT2D eigenvalue weighted by Crippen LogP contribution is 2.10. The van der Waals surface area contributed by atoms with Gasteiger partial charge in [0.15, 0.2) is 0 Å². The van der Waals surface area contributed by atoms with E-state index < -0.39 is 6.67 Å². The van der Waals surface area contributed by atoms with Crippen molar-refractivity contribution in [3.05, 3.63) is 47.8 Å². The highest BCUT2D eigenvalue weighted by molar-refractivity contribution is 6.07. The number of halogens is 1. The Bertz CT molecular complexity index is 521. The first kappa shape index (κ1) is 10.5. The Balaban J connectivity index is 2.38. The number of imidazole rings is 1. The molecule has 2 rings (SSSR count). The van der Waals surface area contributed by atoms with Gasteiger partial charge in [-0.15, -0.1) is 0 Å². The Morgan fingerprint density at radius 2 is 2.38 bits per heavy atom. The molecule has 0 amide bonds. The molecule has 0 spiro atoms. The number of nitrogens with zero attached hydrogens (tertiary/aromatic N) is 3. The van der Waals surface area contributed by atoms with E-state index in [0.717, 1.165) is 0 Å². The van der Waals surface area contributed by atoms with Gasteiger partial charge in [-0.1, -0.05) is 0 Å². The zero-order valence-electron chi connectivity index (χ0n) is 8.72. The number of aromatic nitrogens is 3. The van der Waals surface area contributed by atoms with Crippen molar-refractivity contribution in [3.63, 3.8) is 0 Å². The van der Waals surface area contributed by atoms with Gasteiger partial charge in [0, 0.05) is 18.8 Å². The van der Waals surface area contributed by atoms with Gasteiger partial charge >= 0.3 is 0 Å². The molecule has 0 N–H and O–H groups in total. The number of alkyl halides is 1. The molecule has 16 heavy (non-hydrogen) atoms. The van der Waals surface area contributed by atoms with E-state index in [0.29, 0.717) is 11.3 Å². The van der Waals surface area contributed by atoms with Gasteiger partial charge < -0.3 is 4.57 Å². The van der Waals surface area contributed by atoms with E-state index in [9.17, 15) is 9.18 Å². The van der Waals surface area contributed by atoms with Gasteiger partial charge in [0.25, 0.3) is 0 Å². The summed E-state index contributed by atoms with van der Waals surface area (Å²) in [6.07, 6.45) is 4.46. The number of carbonyl (C=O) groups is 1. The number of ketones is 1. The van der Waals surface area contributed by atoms with Crippen molar-refractivity contribution < 1.29 is 9.18 Å². The minimum Gasteiger partial charge on any atom is -0.331 e. The molecule has 0 aliphatic carbocycles. The summed E-state index contributed by atoms with van der Waals surface area (Å²) in [5.74, 6) is -0.183. The predicted molar refractivity (Wildman–Crippen MR) is 55.7 cm³/mol. The maximum absolute atomic E-state index is 12.4. The van der Waals surface area contributed by atoms with Crippen LogP contribution in [0.3, 0.4) is 0 Å². The molecule has 0 saturated heterocycles. The summed E-state index contributed by atoms with van der Waals surface area (Å²) >= 11 is 0.